The van der Waals surface area contributed by atoms with Crippen molar-refractivity contribution < 1.29 is 19.1 Å². The molecule has 1 rings (SSSR count). The van der Waals surface area contributed by atoms with E-state index in [1.54, 1.807) is 6.92 Å². The number of nitrogens with one attached hydrogen (secondary N) is 1. The van der Waals surface area contributed by atoms with E-state index >= 15 is 0 Å². The third-order valence-electron chi connectivity index (χ3n) is 2.37. The fourth-order valence-electron chi connectivity index (χ4n) is 1.46. The van der Waals surface area contributed by atoms with Crippen LogP contribution in [0.4, 0.5) is 4.39 Å². The van der Waals surface area contributed by atoms with Crippen LogP contribution in [0.2, 0.25) is 0 Å². The molecule has 6 heteroatoms. The molecular weight excluding hydrogens is 305 g/mol. The minimum absolute atomic E-state index is 0.154. The summed E-state index contributed by atoms with van der Waals surface area (Å²) >= 11 is 3.09. The molecule has 1 atom stereocenters. The number of hydrogen-bond donors (Lipinski definition) is 2. The number of amides is 1. The van der Waals surface area contributed by atoms with E-state index in [4.69, 9.17) is 5.11 Å². The van der Waals surface area contributed by atoms with E-state index in [-0.39, 0.29) is 12.0 Å². The average Bonchev–Trinajstić information content (AvgIpc) is 2.26. The quantitative estimate of drug-likeness (QED) is 0.877. The topological polar surface area (TPSA) is 66.4 Å². The normalized spacial score (nSPS) is 11.9. The van der Waals surface area contributed by atoms with Gasteiger partial charge < -0.3 is 10.4 Å². The Bertz CT molecular complexity index is 444. The van der Waals surface area contributed by atoms with Gasteiger partial charge in [0.1, 0.15) is 5.82 Å². The molecule has 0 spiro atoms. The third kappa shape index (κ3) is 4.44. The molecule has 0 aliphatic rings. The summed E-state index contributed by atoms with van der Waals surface area (Å²) in [7, 11) is 0. The summed E-state index contributed by atoms with van der Waals surface area (Å²) < 4.78 is 13.6. The summed E-state index contributed by atoms with van der Waals surface area (Å²) in [5, 5.41) is 11.2. The number of rotatable bonds is 5. The second-order valence-corrected chi connectivity index (χ2v) is 4.75. The average molecular weight is 318 g/mol. The fraction of sp³-hybridized carbons (Fsp3) is 0.333. The summed E-state index contributed by atoms with van der Waals surface area (Å²) in [6.07, 6.45) is 0.341. The Labute approximate surface area is 112 Å². The van der Waals surface area contributed by atoms with Crippen molar-refractivity contribution in [2.45, 2.75) is 25.8 Å². The first-order chi connectivity index (χ1) is 8.42. The van der Waals surface area contributed by atoms with Crippen LogP contribution in [-0.2, 0) is 4.79 Å². The van der Waals surface area contributed by atoms with Crippen molar-refractivity contribution in [1.82, 2.24) is 5.32 Å². The van der Waals surface area contributed by atoms with E-state index in [2.05, 4.69) is 21.2 Å². The molecule has 0 radical (unpaired) electrons. The Morgan fingerprint density at radius 3 is 2.61 bits per heavy atom. The maximum atomic E-state index is 13.1. The van der Waals surface area contributed by atoms with Crippen molar-refractivity contribution in [1.29, 1.82) is 0 Å². The Kier molecular flexibility index (Phi) is 5.27. The van der Waals surface area contributed by atoms with Crippen molar-refractivity contribution in [3.8, 4) is 0 Å². The minimum atomic E-state index is -0.984. The number of aliphatic carboxylic acids is 1. The predicted molar refractivity (Wildman–Crippen MR) is 67.9 cm³/mol. The number of carboxylic acid groups (broad SMARTS) is 1. The van der Waals surface area contributed by atoms with E-state index < -0.39 is 23.7 Å². The summed E-state index contributed by atoms with van der Waals surface area (Å²) in [6, 6.07) is 3.36. The second kappa shape index (κ2) is 6.49. The van der Waals surface area contributed by atoms with Gasteiger partial charge in [-0.3, -0.25) is 9.59 Å². The largest absolute Gasteiger partial charge is 0.481 e. The van der Waals surface area contributed by atoms with Gasteiger partial charge in [0.2, 0.25) is 0 Å². The van der Waals surface area contributed by atoms with Crippen LogP contribution in [0, 0.1) is 5.82 Å². The first kappa shape index (κ1) is 14.6. The Morgan fingerprint density at radius 1 is 1.44 bits per heavy atom. The number of carbonyl (C=O) groups is 2. The highest BCUT2D eigenvalue weighted by Crippen LogP contribution is 2.15. The van der Waals surface area contributed by atoms with E-state index in [1.807, 2.05) is 0 Å². The molecule has 0 heterocycles. The number of hydrogen-bond acceptors (Lipinski definition) is 2. The predicted octanol–water partition coefficient (Wildman–Crippen LogP) is 2.57. The van der Waals surface area contributed by atoms with Crippen molar-refractivity contribution in [2.24, 2.45) is 0 Å². The third-order valence-corrected chi connectivity index (χ3v) is 2.83. The zero-order valence-corrected chi connectivity index (χ0v) is 11.3. The van der Waals surface area contributed by atoms with Crippen molar-refractivity contribution >= 4 is 27.8 Å². The standard InChI is InChI=1S/C12H13BrFNO3/c1-2-10(6-11(16)17)15-12(18)7-3-8(13)5-9(14)4-7/h3-5,10H,2,6H2,1H3,(H,15,18)(H,16,17). The lowest BCUT2D eigenvalue weighted by Gasteiger charge is -2.14. The molecule has 0 saturated heterocycles. The lowest BCUT2D eigenvalue weighted by Crippen LogP contribution is -2.36. The van der Waals surface area contributed by atoms with Gasteiger partial charge in [0.25, 0.3) is 5.91 Å². The zero-order chi connectivity index (χ0) is 13.7. The highest BCUT2D eigenvalue weighted by atomic mass is 79.9. The zero-order valence-electron chi connectivity index (χ0n) is 9.74. The Hall–Kier alpha value is -1.43. The van der Waals surface area contributed by atoms with Crippen LogP contribution in [0.1, 0.15) is 30.1 Å². The molecule has 18 heavy (non-hydrogen) atoms. The van der Waals surface area contributed by atoms with Gasteiger partial charge in [-0.15, -0.1) is 0 Å². The molecule has 98 valence electrons. The summed E-state index contributed by atoms with van der Waals surface area (Å²) in [6.45, 7) is 1.77. The van der Waals surface area contributed by atoms with Gasteiger partial charge in [0, 0.05) is 16.1 Å². The van der Waals surface area contributed by atoms with E-state index in [0.717, 1.165) is 6.07 Å². The molecule has 0 bridgehead atoms. The molecule has 0 saturated carbocycles. The highest BCUT2D eigenvalue weighted by molar-refractivity contribution is 9.10. The van der Waals surface area contributed by atoms with Gasteiger partial charge in [-0.25, -0.2) is 4.39 Å². The SMILES string of the molecule is CCC(CC(=O)O)NC(=O)c1cc(F)cc(Br)c1. The van der Waals surface area contributed by atoms with E-state index in [1.165, 1.54) is 12.1 Å². The lowest BCUT2D eigenvalue weighted by molar-refractivity contribution is -0.137. The molecule has 0 aliphatic heterocycles. The summed E-state index contributed by atoms with van der Waals surface area (Å²) in [5.41, 5.74) is 0.158. The Morgan fingerprint density at radius 2 is 2.11 bits per heavy atom. The Balaban J connectivity index is 2.77. The number of carbonyl (C=O) groups excluding carboxylic acids is 1. The maximum Gasteiger partial charge on any atom is 0.305 e. The molecule has 1 aromatic rings. The molecule has 4 nitrogen and oxygen atoms in total. The monoisotopic (exact) mass is 317 g/mol. The molecule has 0 aromatic heterocycles. The van der Waals surface area contributed by atoms with Crippen LogP contribution in [0.3, 0.4) is 0 Å². The van der Waals surface area contributed by atoms with Gasteiger partial charge >= 0.3 is 5.97 Å². The molecule has 2 N–H and O–H groups in total. The molecule has 0 aliphatic carbocycles. The van der Waals surface area contributed by atoms with Crippen LogP contribution in [0.25, 0.3) is 0 Å². The van der Waals surface area contributed by atoms with Crippen LogP contribution in [0.5, 0.6) is 0 Å². The molecule has 1 unspecified atom stereocenters. The van der Waals surface area contributed by atoms with Gasteiger partial charge in [-0.2, -0.15) is 0 Å². The number of carboxylic acids is 1. The van der Waals surface area contributed by atoms with Crippen LogP contribution in [0.15, 0.2) is 22.7 Å². The van der Waals surface area contributed by atoms with Gasteiger partial charge in [0.05, 0.1) is 6.42 Å². The van der Waals surface area contributed by atoms with Crippen molar-refractivity contribution in [2.75, 3.05) is 0 Å². The molecule has 1 aromatic carbocycles. The van der Waals surface area contributed by atoms with E-state index in [0.29, 0.717) is 10.9 Å². The summed E-state index contributed by atoms with van der Waals surface area (Å²) in [4.78, 5) is 22.4. The maximum absolute atomic E-state index is 13.1. The van der Waals surface area contributed by atoms with Crippen LogP contribution >= 0.6 is 15.9 Å². The number of halogens is 2. The minimum Gasteiger partial charge on any atom is -0.481 e. The van der Waals surface area contributed by atoms with Crippen molar-refractivity contribution in [3.63, 3.8) is 0 Å². The highest BCUT2D eigenvalue weighted by Gasteiger charge is 2.16. The first-order valence-corrected chi connectivity index (χ1v) is 6.20. The number of benzene rings is 1. The van der Waals surface area contributed by atoms with Crippen LogP contribution < -0.4 is 5.32 Å². The molecule has 0 fully saturated rings. The van der Waals surface area contributed by atoms with Gasteiger partial charge in [-0.1, -0.05) is 22.9 Å². The van der Waals surface area contributed by atoms with Crippen LogP contribution in [-0.4, -0.2) is 23.0 Å². The smallest absolute Gasteiger partial charge is 0.305 e. The van der Waals surface area contributed by atoms with Gasteiger partial charge in [0.15, 0.2) is 0 Å². The molecule has 1 amide bonds. The molecular formula is C12H13BrFNO3. The van der Waals surface area contributed by atoms with Crippen molar-refractivity contribution in [3.05, 3.63) is 34.1 Å². The fourth-order valence-corrected chi connectivity index (χ4v) is 1.93. The first-order valence-electron chi connectivity index (χ1n) is 5.41. The summed E-state index contributed by atoms with van der Waals surface area (Å²) in [5.74, 6) is -1.99. The lowest BCUT2D eigenvalue weighted by atomic mass is 10.1. The van der Waals surface area contributed by atoms with E-state index in [9.17, 15) is 14.0 Å². The second-order valence-electron chi connectivity index (χ2n) is 3.83. The van der Waals surface area contributed by atoms with Gasteiger partial charge in [-0.05, 0) is 24.6 Å².